The van der Waals surface area contributed by atoms with Crippen molar-refractivity contribution in [3.05, 3.63) is 30.1 Å². The summed E-state index contributed by atoms with van der Waals surface area (Å²) < 4.78 is 42.1. The van der Waals surface area contributed by atoms with E-state index < -0.39 is 18.2 Å². The Balaban J connectivity index is 2.43. The van der Waals surface area contributed by atoms with Crippen LogP contribution in [-0.2, 0) is 0 Å². The van der Waals surface area contributed by atoms with Gasteiger partial charge in [0.2, 0.25) is 5.88 Å². The van der Waals surface area contributed by atoms with Crippen molar-refractivity contribution in [1.29, 1.82) is 0 Å². The SMILES string of the molecule is CC(Oc1ncnc2cc(C(=O)O)ccc12)C(F)(F)F. The van der Waals surface area contributed by atoms with E-state index in [1.165, 1.54) is 18.2 Å². The minimum atomic E-state index is -4.52. The molecule has 0 bridgehead atoms. The monoisotopic (exact) mass is 286 g/mol. The second kappa shape index (κ2) is 4.95. The van der Waals surface area contributed by atoms with Crippen molar-refractivity contribution < 1.29 is 27.8 Å². The molecule has 0 saturated heterocycles. The van der Waals surface area contributed by atoms with Crippen LogP contribution in [-0.4, -0.2) is 33.3 Å². The molecule has 2 rings (SSSR count). The zero-order valence-corrected chi connectivity index (χ0v) is 10.2. The highest BCUT2D eigenvalue weighted by atomic mass is 19.4. The Bertz CT molecular complexity index is 658. The van der Waals surface area contributed by atoms with E-state index in [-0.39, 0.29) is 22.3 Å². The molecule has 0 amide bonds. The average molecular weight is 286 g/mol. The minimum Gasteiger partial charge on any atom is -0.478 e. The first-order valence-electron chi connectivity index (χ1n) is 5.50. The molecule has 1 aromatic heterocycles. The maximum Gasteiger partial charge on any atom is 0.425 e. The summed E-state index contributed by atoms with van der Waals surface area (Å²) in [6.07, 6.45) is -5.52. The molecule has 0 radical (unpaired) electrons. The van der Waals surface area contributed by atoms with E-state index in [4.69, 9.17) is 9.84 Å². The largest absolute Gasteiger partial charge is 0.478 e. The summed E-state index contributed by atoms with van der Waals surface area (Å²) in [7, 11) is 0. The second-order valence-corrected chi connectivity index (χ2v) is 4.02. The number of fused-ring (bicyclic) bond motifs is 1. The van der Waals surface area contributed by atoms with E-state index in [0.717, 1.165) is 13.3 Å². The predicted octanol–water partition coefficient (Wildman–Crippen LogP) is 2.66. The topological polar surface area (TPSA) is 72.3 Å². The third-order valence-electron chi connectivity index (χ3n) is 2.60. The van der Waals surface area contributed by atoms with Crippen molar-refractivity contribution in [2.45, 2.75) is 19.2 Å². The first-order valence-corrected chi connectivity index (χ1v) is 5.50. The normalized spacial score (nSPS) is 13.2. The highest BCUT2D eigenvalue weighted by Gasteiger charge is 2.38. The van der Waals surface area contributed by atoms with Gasteiger partial charge >= 0.3 is 12.1 Å². The number of aromatic carboxylic acids is 1. The summed E-state index contributed by atoms with van der Waals surface area (Å²) in [5.41, 5.74) is 0.176. The summed E-state index contributed by atoms with van der Waals surface area (Å²) in [5, 5.41) is 9.06. The highest BCUT2D eigenvalue weighted by Crippen LogP contribution is 2.28. The number of carboxylic acids is 1. The van der Waals surface area contributed by atoms with Crippen LogP contribution in [0.5, 0.6) is 5.88 Å². The molecule has 0 aliphatic heterocycles. The molecule has 5 nitrogen and oxygen atoms in total. The molecule has 0 spiro atoms. The number of benzene rings is 1. The molecule has 106 valence electrons. The van der Waals surface area contributed by atoms with Crippen LogP contribution >= 0.6 is 0 Å². The van der Waals surface area contributed by atoms with E-state index in [9.17, 15) is 18.0 Å². The Kier molecular flexibility index (Phi) is 3.47. The van der Waals surface area contributed by atoms with Crippen molar-refractivity contribution in [1.82, 2.24) is 9.97 Å². The fourth-order valence-corrected chi connectivity index (χ4v) is 1.49. The standard InChI is InChI=1S/C12H9F3N2O3/c1-6(12(13,14)15)20-10-8-3-2-7(11(18)19)4-9(8)16-5-17-10/h2-6H,1H3,(H,18,19). The van der Waals surface area contributed by atoms with Gasteiger partial charge < -0.3 is 9.84 Å². The maximum absolute atomic E-state index is 12.5. The molecule has 2 aromatic rings. The lowest BCUT2D eigenvalue weighted by atomic mass is 10.1. The van der Waals surface area contributed by atoms with Crippen LogP contribution in [0.15, 0.2) is 24.5 Å². The Hall–Kier alpha value is -2.38. The molecular weight excluding hydrogens is 277 g/mol. The van der Waals surface area contributed by atoms with Gasteiger partial charge in [-0.3, -0.25) is 0 Å². The molecular formula is C12H9F3N2O3. The van der Waals surface area contributed by atoms with Gasteiger partial charge in [0.25, 0.3) is 0 Å². The number of hydrogen-bond donors (Lipinski definition) is 1. The van der Waals surface area contributed by atoms with Crippen molar-refractivity contribution in [3.63, 3.8) is 0 Å². The minimum absolute atomic E-state index is 0.0222. The number of halogens is 3. The summed E-state index contributed by atoms with van der Waals surface area (Å²) in [4.78, 5) is 18.3. The molecule has 0 aliphatic rings. The average Bonchev–Trinajstić information content (AvgIpc) is 2.37. The number of ether oxygens (including phenoxy) is 1. The molecule has 0 fully saturated rings. The molecule has 8 heteroatoms. The summed E-state index contributed by atoms with van der Waals surface area (Å²) in [6, 6.07) is 3.81. The maximum atomic E-state index is 12.5. The molecule has 0 aliphatic carbocycles. The van der Waals surface area contributed by atoms with Gasteiger partial charge in [0.15, 0.2) is 6.10 Å². The van der Waals surface area contributed by atoms with Gasteiger partial charge in [-0.15, -0.1) is 0 Å². The van der Waals surface area contributed by atoms with Crippen molar-refractivity contribution in [2.24, 2.45) is 0 Å². The van der Waals surface area contributed by atoms with Crippen molar-refractivity contribution in [3.8, 4) is 5.88 Å². The number of alkyl halides is 3. The molecule has 1 N–H and O–H groups in total. The summed E-state index contributed by atoms with van der Waals surface area (Å²) >= 11 is 0. The van der Waals surface area contributed by atoms with Crippen molar-refractivity contribution in [2.75, 3.05) is 0 Å². The zero-order valence-electron chi connectivity index (χ0n) is 10.2. The van der Waals surface area contributed by atoms with Gasteiger partial charge in [0.1, 0.15) is 6.33 Å². The summed E-state index contributed by atoms with van der Waals surface area (Å²) in [5.74, 6) is -1.39. The molecule has 0 saturated carbocycles. The van der Waals surface area contributed by atoms with E-state index in [0.29, 0.717) is 0 Å². The van der Waals surface area contributed by atoms with Gasteiger partial charge in [0.05, 0.1) is 16.5 Å². The molecule has 1 heterocycles. The fraction of sp³-hybridized carbons (Fsp3) is 0.250. The number of rotatable bonds is 3. The van der Waals surface area contributed by atoms with Crippen LogP contribution in [0, 0.1) is 0 Å². The summed E-state index contributed by atoms with van der Waals surface area (Å²) in [6.45, 7) is 0.861. The fourth-order valence-electron chi connectivity index (χ4n) is 1.49. The quantitative estimate of drug-likeness (QED) is 0.939. The van der Waals surface area contributed by atoms with Crippen LogP contribution < -0.4 is 4.74 Å². The predicted molar refractivity (Wildman–Crippen MR) is 62.6 cm³/mol. The zero-order chi connectivity index (χ0) is 14.9. The molecule has 1 unspecified atom stereocenters. The third kappa shape index (κ3) is 2.79. The van der Waals surface area contributed by atoms with Gasteiger partial charge in [-0.2, -0.15) is 13.2 Å². The van der Waals surface area contributed by atoms with E-state index in [2.05, 4.69) is 9.97 Å². The second-order valence-electron chi connectivity index (χ2n) is 4.02. The lowest BCUT2D eigenvalue weighted by Crippen LogP contribution is -2.31. The van der Waals surface area contributed by atoms with Crippen LogP contribution in [0.1, 0.15) is 17.3 Å². The van der Waals surface area contributed by atoms with Crippen LogP contribution in [0.3, 0.4) is 0 Å². The molecule has 1 aromatic carbocycles. The van der Waals surface area contributed by atoms with E-state index in [1.807, 2.05) is 0 Å². The molecule has 20 heavy (non-hydrogen) atoms. The van der Waals surface area contributed by atoms with Gasteiger partial charge in [-0.1, -0.05) is 0 Å². The lowest BCUT2D eigenvalue weighted by Gasteiger charge is -2.17. The van der Waals surface area contributed by atoms with Gasteiger partial charge in [0, 0.05) is 0 Å². The Morgan fingerprint density at radius 2 is 2.05 bits per heavy atom. The highest BCUT2D eigenvalue weighted by molar-refractivity contribution is 5.94. The number of hydrogen-bond acceptors (Lipinski definition) is 4. The number of aromatic nitrogens is 2. The van der Waals surface area contributed by atoms with Gasteiger partial charge in [-0.25, -0.2) is 14.8 Å². The number of carbonyl (C=O) groups is 1. The first-order chi connectivity index (χ1) is 9.29. The van der Waals surface area contributed by atoms with Crippen LogP contribution in [0.2, 0.25) is 0 Å². The lowest BCUT2D eigenvalue weighted by molar-refractivity contribution is -0.189. The number of carboxylic acid groups (broad SMARTS) is 1. The first kappa shape index (κ1) is 14.0. The Morgan fingerprint density at radius 1 is 1.35 bits per heavy atom. The Labute approximate surface area is 111 Å². The van der Waals surface area contributed by atoms with E-state index >= 15 is 0 Å². The third-order valence-corrected chi connectivity index (χ3v) is 2.60. The van der Waals surface area contributed by atoms with Crippen LogP contribution in [0.25, 0.3) is 10.9 Å². The van der Waals surface area contributed by atoms with Gasteiger partial charge in [-0.05, 0) is 25.1 Å². The van der Waals surface area contributed by atoms with E-state index in [1.54, 1.807) is 0 Å². The molecule has 1 atom stereocenters. The smallest absolute Gasteiger partial charge is 0.425 e. The number of nitrogens with zero attached hydrogens (tertiary/aromatic N) is 2. The Morgan fingerprint density at radius 3 is 2.65 bits per heavy atom. The van der Waals surface area contributed by atoms with Crippen LogP contribution in [0.4, 0.5) is 13.2 Å². The van der Waals surface area contributed by atoms with Crippen molar-refractivity contribution >= 4 is 16.9 Å².